The van der Waals surface area contributed by atoms with Crippen molar-refractivity contribution in [3.8, 4) is 0 Å². The number of hydrogen-bond acceptors (Lipinski definition) is 3. The number of hydrogen-bond donors (Lipinski definition) is 1. The maximum Gasteiger partial charge on any atom is 0.0518 e. The van der Waals surface area contributed by atoms with Gasteiger partial charge in [-0.2, -0.15) is 2.63 Å². The van der Waals surface area contributed by atoms with Crippen LogP contribution in [-0.2, 0) is 0 Å². The zero-order valence-electron chi connectivity index (χ0n) is 16.1. The van der Waals surface area contributed by atoms with Crippen LogP contribution in [-0.4, -0.2) is 28.2 Å². The molecule has 3 nitrogen and oxygen atoms in total. The van der Waals surface area contributed by atoms with Crippen LogP contribution in [0, 0.1) is 18.3 Å². The molecule has 1 atom stereocenters. The average Bonchev–Trinajstić information content (AvgIpc) is 2.56. The molecule has 25 heavy (non-hydrogen) atoms. The molecular weight excluding hydrogens is 445 g/mol. The summed E-state index contributed by atoms with van der Waals surface area (Å²) in [6.45, 7) is 7.85. The molecule has 0 spiro atoms. The van der Waals surface area contributed by atoms with Crippen LogP contribution in [0.5, 0.6) is 0 Å². The molecule has 0 heterocycles. The molecule has 0 saturated carbocycles. The van der Waals surface area contributed by atoms with Crippen LogP contribution < -0.4 is 0 Å². The van der Waals surface area contributed by atoms with Crippen LogP contribution in [0.3, 0.4) is 0 Å². The highest BCUT2D eigenvalue weighted by atomic mass is 127. The third-order valence-electron chi connectivity index (χ3n) is 3.01. The first-order valence-corrected chi connectivity index (χ1v) is 9.40. The molecule has 0 amide bonds. The van der Waals surface area contributed by atoms with E-state index in [1.54, 1.807) is 21.0 Å². The van der Waals surface area contributed by atoms with Gasteiger partial charge in [0.05, 0.1) is 5.71 Å². The van der Waals surface area contributed by atoms with Crippen LogP contribution in [0.15, 0.2) is 59.6 Å². The van der Waals surface area contributed by atoms with Crippen molar-refractivity contribution < 1.29 is 0 Å². The third-order valence-corrected chi connectivity index (χ3v) is 3.01. The quantitative estimate of drug-likeness (QED) is 0.275. The van der Waals surface area contributed by atoms with E-state index in [4.69, 9.17) is 17.2 Å². The number of nitrogens with zero attached hydrogens (tertiary/aromatic N) is 2. The van der Waals surface area contributed by atoms with Gasteiger partial charge in [0.25, 0.3) is 0 Å². The molecule has 0 aliphatic heterocycles. The number of allylic oxidation sites excluding steroid dienone is 4. The molecule has 1 aliphatic rings. The number of aliphatic imine (C=N–C) groups is 1. The Balaban J connectivity index is 0. The van der Waals surface area contributed by atoms with Gasteiger partial charge in [0.15, 0.2) is 0 Å². The summed E-state index contributed by atoms with van der Waals surface area (Å²) in [4.78, 5) is 3.78. The highest BCUT2D eigenvalue weighted by Gasteiger charge is 1.93. The van der Waals surface area contributed by atoms with Gasteiger partial charge in [-0.1, -0.05) is 67.1 Å². The van der Waals surface area contributed by atoms with Crippen LogP contribution in [0.25, 0.3) is 0 Å². The summed E-state index contributed by atoms with van der Waals surface area (Å²) in [6.07, 6.45) is 9.84. The highest BCUT2D eigenvalue weighted by Crippen LogP contribution is 2.08. The van der Waals surface area contributed by atoms with E-state index in [1.165, 1.54) is 14.6 Å². The van der Waals surface area contributed by atoms with E-state index in [0.717, 1.165) is 11.6 Å². The predicted molar refractivity (Wildman–Crippen MR) is 123 cm³/mol. The second kappa shape index (κ2) is 17.8. The molecule has 0 bridgehead atoms. The lowest BCUT2D eigenvalue weighted by Crippen LogP contribution is -2.01. The molecule has 1 aromatic rings. The molecule has 0 aromatic heterocycles. The van der Waals surface area contributed by atoms with Gasteiger partial charge in [-0.05, 0) is 44.9 Å². The van der Waals surface area contributed by atoms with Gasteiger partial charge in [0, 0.05) is 42.7 Å². The van der Waals surface area contributed by atoms with E-state index in [-0.39, 0.29) is 0 Å². The van der Waals surface area contributed by atoms with Crippen molar-refractivity contribution in [1.82, 2.24) is 2.63 Å². The Labute approximate surface area is 173 Å². The van der Waals surface area contributed by atoms with Crippen molar-refractivity contribution in [3.63, 3.8) is 0 Å². The summed E-state index contributed by atoms with van der Waals surface area (Å²) in [5.41, 5.74) is 2.67. The molecule has 0 radical (unpaired) electrons. The lowest BCUT2D eigenvalue weighted by Gasteiger charge is -2.02. The number of nitrogens with one attached hydrogen (secondary N) is 1. The average molecular weight is 476 g/mol. The Hall–Kier alpha value is -0.980. The van der Waals surface area contributed by atoms with Gasteiger partial charge in [0.2, 0.25) is 0 Å². The van der Waals surface area contributed by atoms with E-state index >= 15 is 0 Å². The molecule has 1 aliphatic carbocycles. The molecule has 5 heteroatoms. The summed E-state index contributed by atoms with van der Waals surface area (Å²) in [6, 6.07) is 10.3. The van der Waals surface area contributed by atoms with Crippen LogP contribution >= 0.6 is 34.6 Å². The fraction of sp³-hybridized carbons (Fsp3) is 0.400. The van der Waals surface area contributed by atoms with Crippen LogP contribution in [0.2, 0.25) is 0 Å². The first-order valence-electron chi connectivity index (χ1n) is 8.09. The second-order valence-corrected chi connectivity index (χ2v) is 8.04. The maximum absolute atomic E-state index is 6.97. The standard InChI is InChI=1S/C7H10.C7H8.C5H10N2.CH3ClIN/c2*1-7-5-3-2-4-6-7;1-4(6)5(2)7-3;1-4(2)3/h2-5,7H,6H2,1H3;2-6H,1H3;6H,1-3H3;1H3. The van der Waals surface area contributed by atoms with Crippen molar-refractivity contribution in [2.75, 3.05) is 14.1 Å². The molecular formula is C20H31ClIN3. The Bertz CT molecular complexity index is 534. The van der Waals surface area contributed by atoms with Crippen molar-refractivity contribution in [2.45, 2.75) is 34.1 Å². The normalized spacial score (nSPS) is 15.1. The lowest BCUT2D eigenvalue weighted by atomic mass is 10.0. The molecule has 0 saturated heterocycles. The Kier molecular flexibility index (Phi) is 18.7. The topological polar surface area (TPSA) is 39.5 Å². The second-order valence-electron chi connectivity index (χ2n) is 5.52. The minimum Gasteiger partial charge on any atom is -0.304 e. The van der Waals surface area contributed by atoms with Crippen molar-refractivity contribution >= 4 is 46.1 Å². The van der Waals surface area contributed by atoms with Crippen LogP contribution in [0.4, 0.5) is 0 Å². The SMILES string of the molecule is CC1C=CC=CC1.CN(Cl)I.CN=C(C)C(C)=N.Cc1ccccc1. The number of benzene rings is 1. The zero-order valence-corrected chi connectivity index (χ0v) is 19.0. The first-order chi connectivity index (χ1) is 11.7. The largest absolute Gasteiger partial charge is 0.304 e. The number of halogens is 2. The van der Waals surface area contributed by atoms with E-state index in [0.29, 0.717) is 5.71 Å². The molecule has 0 fully saturated rings. The molecule has 1 unspecified atom stereocenters. The van der Waals surface area contributed by atoms with Gasteiger partial charge in [0.1, 0.15) is 0 Å². The van der Waals surface area contributed by atoms with Gasteiger partial charge < -0.3 is 5.41 Å². The minimum absolute atomic E-state index is 0.544. The van der Waals surface area contributed by atoms with E-state index < -0.39 is 0 Å². The van der Waals surface area contributed by atoms with Gasteiger partial charge in [-0.3, -0.25) is 4.99 Å². The molecule has 1 N–H and O–H groups in total. The molecule has 1 aromatic carbocycles. The van der Waals surface area contributed by atoms with Gasteiger partial charge in [-0.25, -0.2) is 0 Å². The maximum atomic E-state index is 6.97. The summed E-state index contributed by atoms with van der Waals surface area (Å²) in [5.74, 6) is 0.769. The number of aryl methyl sites for hydroxylation is 1. The molecule has 2 rings (SSSR count). The summed E-state index contributed by atoms with van der Waals surface area (Å²) in [7, 11) is 3.44. The van der Waals surface area contributed by atoms with Crippen molar-refractivity contribution in [3.05, 3.63) is 60.2 Å². The van der Waals surface area contributed by atoms with E-state index in [2.05, 4.69) is 55.3 Å². The third kappa shape index (κ3) is 23.0. The highest BCUT2D eigenvalue weighted by molar-refractivity contribution is 14.1. The monoisotopic (exact) mass is 475 g/mol. The van der Waals surface area contributed by atoms with Gasteiger partial charge >= 0.3 is 0 Å². The fourth-order valence-corrected chi connectivity index (χ4v) is 1.41. The van der Waals surface area contributed by atoms with E-state index in [9.17, 15) is 0 Å². The summed E-state index contributed by atoms with van der Waals surface area (Å²) >= 11 is 7.04. The number of rotatable bonds is 1. The van der Waals surface area contributed by atoms with E-state index in [1.807, 2.05) is 48.0 Å². The predicted octanol–water partition coefficient (Wildman–Crippen LogP) is 6.67. The smallest absolute Gasteiger partial charge is 0.0518 e. The summed E-state index contributed by atoms with van der Waals surface area (Å²) < 4.78 is 1.44. The minimum atomic E-state index is 0.544. The van der Waals surface area contributed by atoms with Crippen molar-refractivity contribution in [1.29, 1.82) is 5.41 Å². The molecule has 140 valence electrons. The first kappa shape index (κ1) is 26.3. The zero-order chi connectivity index (χ0) is 19.7. The van der Waals surface area contributed by atoms with Gasteiger partial charge in [-0.15, -0.1) is 0 Å². The Morgan fingerprint density at radius 2 is 1.76 bits per heavy atom. The summed E-state index contributed by atoms with van der Waals surface area (Å²) in [5, 5.41) is 6.97. The Morgan fingerprint density at radius 3 is 1.92 bits per heavy atom. The van der Waals surface area contributed by atoms with Crippen LogP contribution in [0.1, 0.15) is 32.8 Å². The fourth-order valence-electron chi connectivity index (χ4n) is 1.41. The lowest BCUT2D eigenvalue weighted by molar-refractivity contribution is 0.737. The Morgan fingerprint density at radius 1 is 1.24 bits per heavy atom. The van der Waals surface area contributed by atoms with Crippen molar-refractivity contribution in [2.24, 2.45) is 10.9 Å².